The van der Waals surface area contributed by atoms with Gasteiger partial charge in [-0.15, -0.1) is 0 Å². The number of hydrogen-bond donors (Lipinski definition) is 0. The molecule has 1 unspecified atom stereocenters. The van der Waals surface area contributed by atoms with Crippen LogP contribution in [-0.4, -0.2) is 36.6 Å². The van der Waals surface area contributed by atoms with E-state index in [1.165, 1.54) is 51.4 Å². The summed E-state index contributed by atoms with van der Waals surface area (Å²) in [6.07, 6.45) is 10.5. The molecule has 0 N–H and O–H groups in total. The van der Waals surface area contributed by atoms with Crippen LogP contribution in [0.15, 0.2) is 0 Å². The quantitative estimate of drug-likeness (QED) is 0.722. The van der Waals surface area contributed by atoms with E-state index < -0.39 is 0 Å². The predicted octanol–water partition coefficient (Wildman–Crippen LogP) is 2.59. The van der Waals surface area contributed by atoms with Gasteiger partial charge in [0.05, 0.1) is 7.11 Å². The second-order valence-corrected chi connectivity index (χ2v) is 6.30. The Bertz CT molecular complexity index is 312. The van der Waals surface area contributed by atoms with Gasteiger partial charge in [-0.25, -0.2) is 0 Å². The van der Waals surface area contributed by atoms with Crippen LogP contribution in [0.2, 0.25) is 0 Å². The molecule has 3 fully saturated rings. The lowest BCUT2D eigenvalue weighted by Crippen LogP contribution is -2.55. The molecule has 0 bridgehead atoms. The molecule has 3 aliphatic rings. The highest BCUT2D eigenvalue weighted by atomic mass is 16.5. The molecule has 0 aromatic rings. The van der Waals surface area contributed by atoms with E-state index in [1.54, 1.807) is 7.11 Å². The van der Waals surface area contributed by atoms with Gasteiger partial charge in [-0.3, -0.25) is 9.69 Å². The molecule has 0 radical (unpaired) electrons. The van der Waals surface area contributed by atoms with Crippen LogP contribution in [0.4, 0.5) is 0 Å². The summed E-state index contributed by atoms with van der Waals surface area (Å²) >= 11 is 0. The van der Waals surface area contributed by atoms with Crippen LogP contribution in [0.25, 0.3) is 0 Å². The molecule has 2 saturated carbocycles. The van der Waals surface area contributed by atoms with Gasteiger partial charge >= 0.3 is 5.97 Å². The average Bonchev–Trinajstić information content (AvgIpc) is 3.24. The molecular weight excluding hydrogens is 226 g/mol. The zero-order chi connectivity index (χ0) is 12.5. The Morgan fingerprint density at radius 3 is 2.56 bits per heavy atom. The van der Waals surface area contributed by atoms with Crippen LogP contribution in [-0.2, 0) is 9.53 Å². The van der Waals surface area contributed by atoms with Crippen LogP contribution < -0.4 is 0 Å². The summed E-state index contributed by atoms with van der Waals surface area (Å²) in [7, 11) is 1.54. The summed E-state index contributed by atoms with van der Waals surface area (Å²) in [6, 6.07) is 0.734. The van der Waals surface area contributed by atoms with E-state index in [4.69, 9.17) is 4.74 Å². The maximum absolute atomic E-state index is 12.1. The number of piperidine rings is 1. The van der Waals surface area contributed by atoms with E-state index in [1.807, 2.05) is 0 Å². The molecule has 2 aliphatic carbocycles. The number of fused-ring (bicyclic) bond motifs is 1. The van der Waals surface area contributed by atoms with Crippen LogP contribution in [0, 0.1) is 11.8 Å². The topological polar surface area (TPSA) is 29.5 Å². The Balaban J connectivity index is 1.76. The third-order valence-electron chi connectivity index (χ3n) is 5.15. The monoisotopic (exact) mass is 251 g/mol. The number of ether oxygens (including phenoxy) is 1. The lowest BCUT2D eigenvalue weighted by Gasteiger charge is -2.47. The van der Waals surface area contributed by atoms with Crippen LogP contribution >= 0.6 is 0 Å². The number of likely N-dealkylation sites (tertiary alicyclic amines) is 1. The van der Waals surface area contributed by atoms with Gasteiger partial charge in [-0.05, 0) is 56.9 Å². The van der Waals surface area contributed by atoms with E-state index in [2.05, 4.69) is 4.90 Å². The number of methoxy groups -OCH3 is 1. The van der Waals surface area contributed by atoms with Crippen molar-refractivity contribution in [1.29, 1.82) is 0 Å². The molecule has 0 spiro atoms. The van der Waals surface area contributed by atoms with Gasteiger partial charge in [0.1, 0.15) is 6.04 Å². The van der Waals surface area contributed by atoms with E-state index in [9.17, 15) is 4.79 Å². The highest BCUT2D eigenvalue weighted by Crippen LogP contribution is 2.42. The first-order chi connectivity index (χ1) is 8.81. The van der Waals surface area contributed by atoms with Crippen molar-refractivity contribution in [2.24, 2.45) is 11.8 Å². The van der Waals surface area contributed by atoms with E-state index in [0.29, 0.717) is 12.0 Å². The Morgan fingerprint density at radius 2 is 1.83 bits per heavy atom. The largest absolute Gasteiger partial charge is 0.468 e. The van der Waals surface area contributed by atoms with Crippen molar-refractivity contribution < 1.29 is 9.53 Å². The van der Waals surface area contributed by atoms with Gasteiger partial charge in [0, 0.05) is 6.04 Å². The molecule has 1 heterocycles. The smallest absolute Gasteiger partial charge is 0.323 e. The first kappa shape index (κ1) is 12.5. The van der Waals surface area contributed by atoms with Gasteiger partial charge in [-0.1, -0.05) is 12.8 Å². The second kappa shape index (κ2) is 5.20. The van der Waals surface area contributed by atoms with Crippen molar-refractivity contribution in [1.82, 2.24) is 4.90 Å². The Kier molecular flexibility index (Phi) is 3.60. The zero-order valence-corrected chi connectivity index (χ0v) is 11.4. The van der Waals surface area contributed by atoms with Gasteiger partial charge in [-0.2, -0.15) is 0 Å². The fourth-order valence-electron chi connectivity index (χ4n) is 4.14. The number of esters is 1. The fourth-order valence-corrected chi connectivity index (χ4v) is 4.14. The highest BCUT2D eigenvalue weighted by molar-refractivity contribution is 5.76. The van der Waals surface area contributed by atoms with Crippen molar-refractivity contribution in [2.75, 3.05) is 13.7 Å². The third-order valence-corrected chi connectivity index (χ3v) is 5.15. The normalized spacial score (nSPS) is 34.7. The van der Waals surface area contributed by atoms with Crippen molar-refractivity contribution in [3.63, 3.8) is 0 Å². The summed E-state index contributed by atoms with van der Waals surface area (Å²) < 4.78 is 5.07. The number of nitrogens with zero attached hydrogens (tertiary/aromatic N) is 1. The summed E-state index contributed by atoms with van der Waals surface area (Å²) in [4.78, 5) is 14.6. The lowest BCUT2D eigenvalue weighted by atomic mass is 9.77. The highest BCUT2D eigenvalue weighted by Gasteiger charge is 2.46. The second-order valence-electron chi connectivity index (χ2n) is 6.30. The Hall–Kier alpha value is -0.570. The third kappa shape index (κ3) is 2.29. The molecule has 3 atom stereocenters. The number of carbonyl (C=O) groups is 1. The minimum Gasteiger partial charge on any atom is -0.468 e. The molecule has 0 amide bonds. The van der Waals surface area contributed by atoms with Crippen molar-refractivity contribution in [3.05, 3.63) is 0 Å². The van der Waals surface area contributed by atoms with Crippen molar-refractivity contribution in [2.45, 2.75) is 63.5 Å². The summed E-state index contributed by atoms with van der Waals surface area (Å²) in [5, 5.41) is 0. The Labute approximate surface area is 110 Å². The molecule has 18 heavy (non-hydrogen) atoms. The molecule has 3 rings (SSSR count). The SMILES string of the molecule is COC(=O)C(C1CC1)N1CCC[C@H]2CCCC[C@H]21. The van der Waals surface area contributed by atoms with Gasteiger partial charge < -0.3 is 4.74 Å². The van der Waals surface area contributed by atoms with Gasteiger partial charge in [0.2, 0.25) is 0 Å². The fraction of sp³-hybridized carbons (Fsp3) is 0.933. The standard InChI is InChI=1S/C15H25NO2/c1-18-15(17)14(12-8-9-12)16-10-4-6-11-5-2-3-7-13(11)16/h11-14H,2-10H2,1H3/t11-,13-,14?/m1/s1. The molecule has 3 nitrogen and oxygen atoms in total. The Morgan fingerprint density at radius 1 is 1.11 bits per heavy atom. The van der Waals surface area contributed by atoms with E-state index in [-0.39, 0.29) is 12.0 Å². The maximum Gasteiger partial charge on any atom is 0.323 e. The lowest BCUT2D eigenvalue weighted by molar-refractivity contribution is -0.151. The minimum absolute atomic E-state index is 0.0173. The molecule has 3 heteroatoms. The molecule has 0 aromatic carbocycles. The number of carbonyl (C=O) groups excluding carboxylic acids is 1. The summed E-state index contributed by atoms with van der Waals surface area (Å²) in [6.45, 7) is 1.11. The maximum atomic E-state index is 12.1. The number of rotatable bonds is 3. The molecule has 1 aliphatic heterocycles. The van der Waals surface area contributed by atoms with Gasteiger partial charge in [0.25, 0.3) is 0 Å². The van der Waals surface area contributed by atoms with Crippen LogP contribution in [0.1, 0.15) is 51.4 Å². The minimum atomic E-state index is 0.0173. The number of hydrogen-bond acceptors (Lipinski definition) is 3. The molecular formula is C15H25NO2. The van der Waals surface area contributed by atoms with Gasteiger partial charge in [0.15, 0.2) is 0 Å². The van der Waals surface area contributed by atoms with Crippen LogP contribution in [0.3, 0.4) is 0 Å². The molecule has 102 valence electrons. The zero-order valence-electron chi connectivity index (χ0n) is 11.4. The first-order valence-corrected chi connectivity index (χ1v) is 7.65. The average molecular weight is 251 g/mol. The van der Waals surface area contributed by atoms with Crippen molar-refractivity contribution >= 4 is 5.97 Å². The van der Waals surface area contributed by atoms with Crippen molar-refractivity contribution in [3.8, 4) is 0 Å². The van der Waals surface area contributed by atoms with Crippen LogP contribution in [0.5, 0.6) is 0 Å². The predicted molar refractivity (Wildman–Crippen MR) is 70.2 cm³/mol. The summed E-state index contributed by atoms with van der Waals surface area (Å²) in [5.41, 5.74) is 0. The molecule has 1 saturated heterocycles. The van der Waals surface area contributed by atoms with E-state index >= 15 is 0 Å². The summed E-state index contributed by atoms with van der Waals surface area (Å²) in [5.74, 6) is 1.44. The van der Waals surface area contributed by atoms with E-state index in [0.717, 1.165) is 12.5 Å². The molecule has 0 aromatic heterocycles. The first-order valence-electron chi connectivity index (χ1n) is 7.65.